The predicted octanol–water partition coefficient (Wildman–Crippen LogP) is 4.89. The van der Waals surface area contributed by atoms with Gasteiger partial charge in [-0.2, -0.15) is 0 Å². The average molecular weight is 409 g/mol. The van der Waals surface area contributed by atoms with Gasteiger partial charge in [-0.05, 0) is 49.2 Å². The Balaban J connectivity index is 1.90. The van der Waals surface area contributed by atoms with Gasteiger partial charge in [0.25, 0.3) is 10.0 Å². The molecule has 0 aliphatic heterocycles. The zero-order chi connectivity index (χ0) is 18.9. The molecule has 0 fully saturated rings. The lowest BCUT2D eigenvalue weighted by molar-refractivity contribution is 0.415. The number of halogens is 1. The Morgan fingerprint density at radius 1 is 1.15 bits per heavy atom. The molecular formula is C18H17ClN2O3S2. The summed E-state index contributed by atoms with van der Waals surface area (Å²) in [5, 5.41) is 2.91. The van der Waals surface area contributed by atoms with Crippen LogP contribution >= 0.6 is 22.9 Å². The first-order chi connectivity index (χ1) is 12.3. The van der Waals surface area contributed by atoms with E-state index in [9.17, 15) is 8.42 Å². The summed E-state index contributed by atoms with van der Waals surface area (Å²) in [6.07, 6.45) is 0. The van der Waals surface area contributed by atoms with Gasteiger partial charge in [0.2, 0.25) is 0 Å². The van der Waals surface area contributed by atoms with Gasteiger partial charge in [-0.3, -0.25) is 4.72 Å². The molecule has 0 spiro atoms. The van der Waals surface area contributed by atoms with Gasteiger partial charge in [-0.25, -0.2) is 13.4 Å². The number of rotatable bonds is 5. The first kappa shape index (κ1) is 18.7. The Morgan fingerprint density at radius 2 is 1.92 bits per heavy atom. The van der Waals surface area contributed by atoms with E-state index < -0.39 is 10.0 Å². The molecule has 0 unspecified atom stereocenters. The molecule has 0 saturated carbocycles. The molecule has 136 valence electrons. The van der Waals surface area contributed by atoms with Crippen LogP contribution in [0.5, 0.6) is 5.75 Å². The van der Waals surface area contributed by atoms with Crippen LogP contribution in [0.2, 0.25) is 5.02 Å². The van der Waals surface area contributed by atoms with Crippen molar-refractivity contribution in [3.05, 3.63) is 57.9 Å². The number of methoxy groups -OCH3 is 1. The number of ether oxygens (including phenoxy) is 1. The number of anilines is 1. The fourth-order valence-corrected chi connectivity index (χ4v) is 4.79. The summed E-state index contributed by atoms with van der Waals surface area (Å²) in [6.45, 7) is 3.48. The molecule has 0 atom stereocenters. The molecule has 0 bridgehead atoms. The van der Waals surface area contributed by atoms with Crippen molar-refractivity contribution in [2.24, 2.45) is 0 Å². The van der Waals surface area contributed by atoms with Gasteiger partial charge in [0.15, 0.2) is 5.82 Å². The summed E-state index contributed by atoms with van der Waals surface area (Å²) in [5.74, 6) is 0.993. The lowest BCUT2D eigenvalue weighted by atomic mass is 10.2. The number of hydrogen-bond acceptors (Lipinski definition) is 5. The summed E-state index contributed by atoms with van der Waals surface area (Å²) in [6, 6.07) is 10.7. The van der Waals surface area contributed by atoms with Gasteiger partial charge in [0.05, 0.1) is 12.0 Å². The summed E-state index contributed by atoms with van der Waals surface area (Å²) in [5.41, 5.74) is 2.14. The highest BCUT2D eigenvalue weighted by molar-refractivity contribution is 7.92. The molecule has 1 heterocycles. The fraction of sp³-hybridized carbons (Fsp3) is 0.167. The third-order valence-corrected chi connectivity index (χ3v) is 6.60. The quantitative estimate of drug-likeness (QED) is 0.652. The van der Waals surface area contributed by atoms with Crippen molar-refractivity contribution in [2.75, 3.05) is 11.8 Å². The number of hydrogen-bond donors (Lipinski definition) is 1. The van der Waals surface area contributed by atoms with E-state index >= 15 is 0 Å². The van der Waals surface area contributed by atoms with E-state index in [0.29, 0.717) is 26.9 Å². The Labute approximate surface area is 161 Å². The Morgan fingerprint density at radius 3 is 2.65 bits per heavy atom. The monoisotopic (exact) mass is 408 g/mol. The van der Waals surface area contributed by atoms with Crippen LogP contribution in [0, 0.1) is 13.8 Å². The smallest absolute Gasteiger partial charge is 0.263 e. The SMILES string of the molecule is COc1cccc(-c2nc(NS(=O)(=O)c3cc(C)c(Cl)cc3C)cs2)c1. The van der Waals surface area contributed by atoms with Crippen molar-refractivity contribution in [3.63, 3.8) is 0 Å². The molecule has 8 heteroatoms. The normalized spacial score (nSPS) is 11.4. The molecule has 3 aromatic rings. The van der Waals surface area contributed by atoms with Crippen LogP contribution in [0.15, 0.2) is 46.7 Å². The van der Waals surface area contributed by atoms with Crippen LogP contribution in [0.25, 0.3) is 10.6 Å². The van der Waals surface area contributed by atoms with E-state index in [4.69, 9.17) is 16.3 Å². The molecule has 5 nitrogen and oxygen atoms in total. The van der Waals surface area contributed by atoms with Crippen LogP contribution in [-0.4, -0.2) is 20.5 Å². The second kappa shape index (κ2) is 7.26. The number of sulfonamides is 1. The van der Waals surface area contributed by atoms with E-state index in [-0.39, 0.29) is 10.7 Å². The van der Waals surface area contributed by atoms with Gasteiger partial charge in [-0.15, -0.1) is 11.3 Å². The van der Waals surface area contributed by atoms with E-state index in [1.54, 1.807) is 38.5 Å². The topological polar surface area (TPSA) is 68.3 Å². The molecule has 26 heavy (non-hydrogen) atoms. The Bertz CT molecular complexity index is 1060. The average Bonchev–Trinajstić information content (AvgIpc) is 3.05. The van der Waals surface area contributed by atoms with Gasteiger partial charge >= 0.3 is 0 Å². The zero-order valence-corrected chi connectivity index (χ0v) is 16.8. The number of aromatic nitrogens is 1. The molecule has 2 aromatic carbocycles. The molecule has 1 N–H and O–H groups in total. The maximum Gasteiger partial charge on any atom is 0.263 e. The Hall–Kier alpha value is -2.09. The van der Waals surface area contributed by atoms with Gasteiger partial charge in [-0.1, -0.05) is 23.7 Å². The number of thiazole rings is 1. The van der Waals surface area contributed by atoms with Crippen molar-refractivity contribution < 1.29 is 13.2 Å². The standard InChI is InChI=1S/C18H17ClN2O3S2/c1-11-8-16(12(2)7-15(11)19)26(22,23)21-17-10-25-18(20-17)13-5-4-6-14(9-13)24-3/h4-10,21H,1-3H3. The first-order valence-corrected chi connectivity index (χ1v) is 10.4. The number of nitrogens with zero attached hydrogens (tertiary/aromatic N) is 1. The van der Waals surface area contributed by atoms with Crippen LogP contribution in [0.1, 0.15) is 11.1 Å². The fourth-order valence-electron chi connectivity index (χ4n) is 2.45. The van der Waals surface area contributed by atoms with Crippen molar-refractivity contribution in [1.82, 2.24) is 4.98 Å². The summed E-state index contributed by atoms with van der Waals surface area (Å²) in [7, 11) is -2.16. The van der Waals surface area contributed by atoms with E-state index in [2.05, 4.69) is 9.71 Å². The van der Waals surface area contributed by atoms with Crippen molar-refractivity contribution >= 4 is 38.8 Å². The minimum Gasteiger partial charge on any atom is -0.497 e. The largest absolute Gasteiger partial charge is 0.497 e. The molecule has 1 aromatic heterocycles. The van der Waals surface area contributed by atoms with Gasteiger partial charge < -0.3 is 4.74 Å². The molecule has 0 saturated heterocycles. The lowest BCUT2D eigenvalue weighted by Gasteiger charge is -2.10. The molecular weight excluding hydrogens is 392 g/mol. The van der Waals surface area contributed by atoms with Crippen molar-refractivity contribution in [1.29, 1.82) is 0 Å². The maximum absolute atomic E-state index is 12.7. The highest BCUT2D eigenvalue weighted by Crippen LogP contribution is 2.30. The molecule has 0 aliphatic rings. The second-order valence-corrected chi connectivity index (χ2v) is 8.66. The third kappa shape index (κ3) is 3.85. The van der Waals surface area contributed by atoms with Crippen LogP contribution in [0.4, 0.5) is 5.82 Å². The lowest BCUT2D eigenvalue weighted by Crippen LogP contribution is -2.14. The van der Waals surface area contributed by atoms with Gasteiger partial charge in [0, 0.05) is 16.0 Å². The highest BCUT2D eigenvalue weighted by Gasteiger charge is 2.20. The highest BCUT2D eigenvalue weighted by atomic mass is 35.5. The minimum atomic E-state index is -3.75. The van der Waals surface area contributed by atoms with Crippen LogP contribution in [-0.2, 0) is 10.0 Å². The van der Waals surface area contributed by atoms with Crippen LogP contribution in [0.3, 0.4) is 0 Å². The maximum atomic E-state index is 12.7. The van der Waals surface area contributed by atoms with E-state index in [1.165, 1.54) is 11.3 Å². The summed E-state index contributed by atoms with van der Waals surface area (Å²) < 4.78 is 33.2. The number of nitrogens with one attached hydrogen (secondary N) is 1. The molecule has 0 aliphatic carbocycles. The summed E-state index contributed by atoms with van der Waals surface area (Å²) >= 11 is 7.41. The molecule has 3 rings (SSSR count). The second-order valence-electron chi connectivity index (χ2n) is 5.74. The Kier molecular flexibility index (Phi) is 5.22. The van der Waals surface area contributed by atoms with Crippen LogP contribution < -0.4 is 9.46 Å². The van der Waals surface area contributed by atoms with Gasteiger partial charge in [0.1, 0.15) is 10.8 Å². The van der Waals surface area contributed by atoms with E-state index in [0.717, 1.165) is 5.56 Å². The third-order valence-electron chi connectivity index (χ3n) is 3.81. The molecule has 0 amide bonds. The van der Waals surface area contributed by atoms with Crippen molar-refractivity contribution in [3.8, 4) is 16.3 Å². The minimum absolute atomic E-state index is 0.190. The number of aryl methyl sites for hydroxylation is 2. The number of benzene rings is 2. The van der Waals surface area contributed by atoms with E-state index in [1.807, 2.05) is 24.3 Å². The first-order valence-electron chi connectivity index (χ1n) is 7.69. The predicted molar refractivity (Wildman–Crippen MR) is 106 cm³/mol. The summed E-state index contributed by atoms with van der Waals surface area (Å²) in [4.78, 5) is 4.57. The van der Waals surface area contributed by atoms with Crippen molar-refractivity contribution in [2.45, 2.75) is 18.7 Å². The molecule has 0 radical (unpaired) electrons. The zero-order valence-electron chi connectivity index (χ0n) is 14.4.